The van der Waals surface area contributed by atoms with Crippen LogP contribution >= 0.6 is 0 Å². The normalized spacial score (nSPS) is 29.2. The van der Waals surface area contributed by atoms with E-state index in [0.717, 1.165) is 39.0 Å². The maximum atomic E-state index is 11.8. The number of hydrogen-bond acceptors (Lipinski definition) is 2. The summed E-state index contributed by atoms with van der Waals surface area (Å²) in [6.45, 7) is 2.65. The summed E-state index contributed by atoms with van der Waals surface area (Å²) in [4.78, 5) is 13.8. The molecule has 3 heteroatoms. The van der Waals surface area contributed by atoms with Crippen LogP contribution < -0.4 is 0 Å². The summed E-state index contributed by atoms with van der Waals surface area (Å²) in [6, 6.07) is 0. The van der Waals surface area contributed by atoms with Gasteiger partial charge < -0.3 is 9.64 Å². The minimum Gasteiger partial charge on any atom is -0.368 e. The highest BCUT2D eigenvalue weighted by Gasteiger charge is 2.28. The van der Waals surface area contributed by atoms with Crippen molar-refractivity contribution in [1.29, 1.82) is 0 Å². The minimum absolute atomic E-state index is 0.119. The van der Waals surface area contributed by atoms with Gasteiger partial charge in [0.05, 0.1) is 0 Å². The van der Waals surface area contributed by atoms with Gasteiger partial charge in [-0.2, -0.15) is 0 Å². The lowest BCUT2D eigenvalue weighted by Gasteiger charge is -2.26. The molecule has 2 saturated heterocycles. The number of carbonyl (C=O) groups excluding carboxylic acids is 1. The van der Waals surface area contributed by atoms with E-state index >= 15 is 0 Å². The van der Waals surface area contributed by atoms with Crippen molar-refractivity contribution in [3.8, 4) is 0 Å². The lowest BCUT2D eigenvalue weighted by molar-refractivity contribution is -0.145. The summed E-state index contributed by atoms with van der Waals surface area (Å²) in [7, 11) is 0. The van der Waals surface area contributed by atoms with Crippen molar-refractivity contribution in [2.45, 2.75) is 38.2 Å². The van der Waals surface area contributed by atoms with Gasteiger partial charge in [-0.1, -0.05) is 0 Å². The molecule has 0 saturated carbocycles. The predicted molar refractivity (Wildman–Crippen MR) is 49.4 cm³/mol. The van der Waals surface area contributed by atoms with Gasteiger partial charge in [0.25, 0.3) is 5.91 Å². The van der Waals surface area contributed by atoms with Gasteiger partial charge in [-0.15, -0.1) is 0 Å². The highest BCUT2D eigenvalue weighted by Crippen LogP contribution is 2.17. The monoisotopic (exact) mass is 183 g/mol. The van der Waals surface area contributed by atoms with Crippen LogP contribution in [0.25, 0.3) is 0 Å². The molecule has 0 spiro atoms. The fraction of sp³-hybridized carbons (Fsp3) is 0.900. The van der Waals surface area contributed by atoms with Crippen LogP contribution in [0.2, 0.25) is 0 Å². The maximum absolute atomic E-state index is 11.8. The first-order chi connectivity index (χ1) is 6.38. The molecule has 0 aromatic heterocycles. The molecule has 1 atom stereocenters. The van der Waals surface area contributed by atoms with Crippen LogP contribution in [0.3, 0.4) is 0 Å². The van der Waals surface area contributed by atoms with Crippen molar-refractivity contribution >= 4 is 5.91 Å². The van der Waals surface area contributed by atoms with Crippen molar-refractivity contribution in [3.63, 3.8) is 0 Å². The van der Waals surface area contributed by atoms with E-state index in [4.69, 9.17) is 4.74 Å². The first-order valence-corrected chi connectivity index (χ1v) is 5.28. The Balaban J connectivity index is 1.87. The number of amides is 1. The van der Waals surface area contributed by atoms with Crippen molar-refractivity contribution in [1.82, 2.24) is 4.90 Å². The molecule has 2 rings (SSSR count). The second-order valence-corrected chi connectivity index (χ2v) is 3.89. The van der Waals surface area contributed by atoms with Crippen molar-refractivity contribution in [2.75, 3.05) is 19.7 Å². The average Bonchev–Trinajstić information content (AvgIpc) is 2.71. The van der Waals surface area contributed by atoms with Crippen molar-refractivity contribution in [2.24, 2.45) is 0 Å². The SMILES string of the molecule is O=C(C1CCCCO1)N1CCCC1. The molecule has 0 radical (unpaired) electrons. The van der Waals surface area contributed by atoms with Crippen molar-refractivity contribution in [3.05, 3.63) is 0 Å². The molecule has 1 amide bonds. The lowest BCUT2D eigenvalue weighted by atomic mass is 10.1. The van der Waals surface area contributed by atoms with E-state index in [-0.39, 0.29) is 12.0 Å². The van der Waals surface area contributed by atoms with Gasteiger partial charge >= 0.3 is 0 Å². The number of likely N-dealkylation sites (tertiary alicyclic amines) is 1. The molecule has 0 aromatic carbocycles. The van der Waals surface area contributed by atoms with Crippen molar-refractivity contribution < 1.29 is 9.53 Å². The number of rotatable bonds is 1. The maximum Gasteiger partial charge on any atom is 0.251 e. The van der Waals surface area contributed by atoms with E-state index in [0.29, 0.717) is 0 Å². The molecule has 0 bridgehead atoms. The van der Waals surface area contributed by atoms with Crippen LogP contribution in [0.1, 0.15) is 32.1 Å². The Morgan fingerprint density at radius 1 is 1.15 bits per heavy atom. The zero-order chi connectivity index (χ0) is 9.10. The van der Waals surface area contributed by atoms with Crippen LogP contribution in [-0.4, -0.2) is 36.6 Å². The highest BCUT2D eigenvalue weighted by molar-refractivity contribution is 5.81. The first kappa shape index (κ1) is 9.00. The van der Waals surface area contributed by atoms with Gasteiger partial charge in [0, 0.05) is 19.7 Å². The quantitative estimate of drug-likeness (QED) is 0.611. The number of hydrogen-bond donors (Lipinski definition) is 0. The average molecular weight is 183 g/mol. The van der Waals surface area contributed by atoms with Crippen LogP contribution in [0, 0.1) is 0 Å². The van der Waals surface area contributed by atoms with Crippen LogP contribution in [-0.2, 0) is 9.53 Å². The number of ether oxygens (including phenoxy) is 1. The van der Waals surface area contributed by atoms with Gasteiger partial charge in [0.1, 0.15) is 6.10 Å². The molecule has 2 aliphatic rings. The minimum atomic E-state index is -0.119. The van der Waals surface area contributed by atoms with E-state index in [1.54, 1.807) is 0 Å². The number of carbonyl (C=O) groups is 1. The zero-order valence-corrected chi connectivity index (χ0v) is 8.00. The lowest BCUT2D eigenvalue weighted by Crippen LogP contribution is -2.40. The molecule has 0 aromatic rings. The molecule has 3 nitrogen and oxygen atoms in total. The van der Waals surface area contributed by atoms with Crippen LogP contribution in [0.4, 0.5) is 0 Å². The topological polar surface area (TPSA) is 29.5 Å². The molecule has 13 heavy (non-hydrogen) atoms. The van der Waals surface area contributed by atoms with Gasteiger partial charge in [-0.3, -0.25) is 4.79 Å². The van der Waals surface area contributed by atoms with E-state index in [1.165, 1.54) is 12.8 Å². The van der Waals surface area contributed by atoms with Gasteiger partial charge in [0.15, 0.2) is 0 Å². The molecular weight excluding hydrogens is 166 g/mol. The Morgan fingerprint density at radius 3 is 2.54 bits per heavy atom. The molecule has 0 aliphatic carbocycles. The summed E-state index contributed by atoms with van der Waals surface area (Å²) in [6.07, 6.45) is 5.40. The van der Waals surface area contributed by atoms with Crippen LogP contribution in [0.15, 0.2) is 0 Å². The highest BCUT2D eigenvalue weighted by atomic mass is 16.5. The second-order valence-electron chi connectivity index (χ2n) is 3.89. The summed E-state index contributed by atoms with van der Waals surface area (Å²) in [5.41, 5.74) is 0. The van der Waals surface area contributed by atoms with E-state index in [2.05, 4.69) is 0 Å². The van der Waals surface area contributed by atoms with E-state index < -0.39 is 0 Å². The largest absolute Gasteiger partial charge is 0.368 e. The Morgan fingerprint density at radius 2 is 1.92 bits per heavy atom. The van der Waals surface area contributed by atoms with E-state index in [9.17, 15) is 4.79 Å². The molecule has 2 fully saturated rings. The standard InChI is InChI=1S/C10H17NO2/c12-10(11-6-2-3-7-11)9-5-1-4-8-13-9/h9H,1-8H2. The van der Waals surface area contributed by atoms with Gasteiger partial charge in [-0.05, 0) is 32.1 Å². The molecule has 74 valence electrons. The first-order valence-electron chi connectivity index (χ1n) is 5.28. The summed E-state index contributed by atoms with van der Waals surface area (Å²) < 4.78 is 5.46. The summed E-state index contributed by atoms with van der Waals surface area (Å²) in [5, 5.41) is 0. The molecule has 2 heterocycles. The second kappa shape index (κ2) is 4.09. The molecule has 2 aliphatic heterocycles. The molecule has 1 unspecified atom stereocenters. The third kappa shape index (κ3) is 2.02. The fourth-order valence-electron chi connectivity index (χ4n) is 2.08. The fourth-order valence-corrected chi connectivity index (χ4v) is 2.08. The smallest absolute Gasteiger partial charge is 0.251 e. The van der Waals surface area contributed by atoms with Gasteiger partial charge in [0.2, 0.25) is 0 Å². The van der Waals surface area contributed by atoms with Crippen LogP contribution in [0.5, 0.6) is 0 Å². The zero-order valence-electron chi connectivity index (χ0n) is 8.00. The van der Waals surface area contributed by atoms with E-state index in [1.807, 2.05) is 4.90 Å². The Kier molecular flexibility index (Phi) is 2.83. The predicted octanol–water partition coefficient (Wildman–Crippen LogP) is 1.18. The third-order valence-corrected chi connectivity index (χ3v) is 2.87. The third-order valence-electron chi connectivity index (χ3n) is 2.87. The Bertz CT molecular complexity index is 181. The molecular formula is C10H17NO2. The Labute approximate surface area is 79.0 Å². The van der Waals surface area contributed by atoms with Gasteiger partial charge in [-0.25, -0.2) is 0 Å². The number of nitrogens with zero attached hydrogens (tertiary/aromatic N) is 1. The molecule has 0 N–H and O–H groups in total. The summed E-state index contributed by atoms with van der Waals surface area (Å²) >= 11 is 0. The summed E-state index contributed by atoms with van der Waals surface area (Å²) in [5.74, 6) is 0.234. The Hall–Kier alpha value is -0.570.